The number of ether oxygens (including phenoxy) is 1. The highest BCUT2D eigenvalue weighted by Crippen LogP contribution is 2.14. The van der Waals surface area contributed by atoms with Crippen molar-refractivity contribution in [3.05, 3.63) is 42.2 Å². The largest absolute Gasteiger partial charge is 0.489 e. The van der Waals surface area contributed by atoms with E-state index in [9.17, 15) is 4.79 Å². The Morgan fingerprint density at radius 1 is 1.41 bits per heavy atom. The maximum absolute atomic E-state index is 12.0. The van der Waals surface area contributed by atoms with Gasteiger partial charge in [-0.3, -0.25) is 9.78 Å². The van der Waals surface area contributed by atoms with Gasteiger partial charge in [-0.1, -0.05) is 0 Å². The average molecular weight is 231 g/mol. The molecule has 0 fully saturated rings. The number of rotatable bonds is 4. The van der Waals surface area contributed by atoms with Crippen molar-refractivity contribution in [3.63, 3.8) is 0 Å². The van der Waals surface area contributed by atoms with Gasteiger partial charge in [0.25, 0.3) is 0 Å². The number of carbonyl (C=O) groups is 1. The molecule has 2 rings (SSSR count). The summed E-state index contributed by atoms with van der Waals surface area (Å²) >= 11 is 0. The van der Waals surface area contributed by atoms with E-state index in [-0.39, 0.29) is 11.9 Å². The summed E-state index contributed by atoms with van der Waals surface area (Å²) in [5, 5.41) is 0. The molecule has 0 saturated heterocycles. The van der Waals surface area contributed by atoms with Crippen LogP contribution in [0.2, 0.25) is 0 Å². The van der Waals surface area contributed by atoms with Gasteiger partial charge in [0, 0.05) is 24.2 Å². The third-order valence-corrected chi connectivity index (χ3v) is 2.06. The quantitative estimate of drug-likeness (QED) is 0.815. The normalized spacial score (nSPS) is 10.5. The Balaban J connectivity index is 2.24. The summed E-state index contributed by atoms with van der Waals surface area (Å²) in [5.74, 6) is 0.683. The maximum Gasteiger partial charge on any atom is 0.229 e. The summed E-state index contributed by atoms with van der Waals surface area (Å²) < 4.78 is 5.48. The molecule has 1 N–H and O–H groups in total. The van der Waals surface area contributed by atoms with Gasteiger partial charge < -0.3 is 9.72 Å². The first kappa shape index (κ1) is 11.3. The molecule has 5 nitrogen and oxygen atoms in total. The van der Waals surface area contributed by atoms with Crippen molar-refractivity contribution in [2.45, 2.75) is 20.0 Å². The molecule has 0 radical (unpaired) electrons. The highest BCUT2D eigenvalue weighted by Gasteiger charge is 2.12. The van der Waals surface area contributed by atoms with Crippen LogP contribution in [-0.4, -0.2) is 26.8 Å². The first-order valence-electron chi connectivity index (χ1n) is 5.32. The summed E-state index contributed by atoms with van der Waals surface area (Å²) in [6.45, 7) is 3.84. The van der Waals surface area contributed by atoms with E-state index < -0.39 is 0 Å². The van der Waals surface area contributed by atoms with Crippen molar-refractivity contribution in [3.8, 4) is 5.75 Å². The van der Waals surface area contributed by atoms with Gasteiger partial charge in [-0.15, -0.1) is 0 Å². The Hall–Kier alpha value is -2.17. The van der Waals surface area contributed by atoms with Crippen LogP contribution in [0.4, 0.5) is 0 Å². The monoisotopic (exact) mass is 231 g/mol. The summed E-state index contributed by atoms with van der Waals surface area (Å²) in [7, 11) is 0. The molecule has 0 aliphatic rings. The van der Waals surface area contributed by atoms with Gasteiger partial charge >= 0.3 is 0 Å². The molecule has 2 aromatic heterocycles. The molecule has 2 aromatic rings. The molecule has 0 atom stereocenters. The highest BCUT2D eigenvalue weighted by molar-refractivity contribution is 6.06. The number of pyridine rings is 1. The summed E-state index contributed by atoms with van der Waals surface area (Å²) in [6.07, 6.45) is 6.27. The lowest BCUT2D eigenvalue weighted by Crippen LogP contribution is -2.08. The molecule has 0 aromatic carbocycles. The summed E-state index contributed by atoms with van der Waals surface area (Å²) in [5.41, 5.74) is 0.457. The fraction of sp³-hybridized carbons (Fsp3) is 0.250. The molecule has 88 valence electrons. The molecule has 0 aliphatic heterocycles. The van der Waals surface area contributed by atoms with E-state index >= 15 is 0 Å². The SMILES string of the molecule is CC(C)Oc1cncc(C(=O)c2ncc[nH]2)c1. The molecule has 0 amide bonds. The van der Waals surface area contributed by atoms with Crippen LogP contribution < -0.4 is 4.74 Å². The Kier molecular flexibility index (Phi) is 3.18. The molecule has 0 unspecified atom stereocenters. The second-order valence-electron chi connectivity index (χ2n) is 3.84. The van der Waals surface area contributed by atoms with Crippen LogP contribution in [0, 0.1) is 0 Å². The van der Waals surface area contributed by atoms with Crippen molar-refractivity contribution in [1.29, 1.82) is 0 Å². The van der Waals surface area contributed by atoms with Crippen LogP contribution in [0.1, 0.15) is 30.0 Å². The zero-order chi connectivity index (χ0) is 12.3. The number of aromatic nitrogens is 3. The van der Waals surface area contributed by atoms with E-state index in [4.69, 9.17) is 4.74 Å². The van der Waals surface area contributed by atoms with Gasteiger partial charge in [0.15, 0.2) is 5.82 Å². The minimum absolute atomic E-state index is 0.0470. The van der Waals surface area contributed by atoms with Crippen LogP contribution in [0.25, 0.3) is 0 Å². The molecular weight excluding hydrogens is 218 g/mol. The molecule has 0 bridgehead atoms. The third-order valence-electron chi connectivity index (χ3n) is 2.06. The number of aromatic amines is 1. The molecule has 2 heterocycles. The van der Waals surface area contributed by atoms with Crippen LogP contribution in [0.15, 0.2) is 30.9 Å². The van der Waals surface area contributed by atoms with Gasteiger partial charge in [0.1, 0.15) is 5.75 Å². The lowest BCUT2D eigenvalue weighted by molar-refractivity contribution is 0.102. The number of nitrogens with zero attached hydrogens (tertiary/aromatic N) is 2. The summed E-state index contributed by atoms with van der Waals surface area (Å²) in [6, 6.07) is 1.66. The average Bonchev–Trinajstić information content (AvgIpc) is 2.81. The topological polar surface area (TPSA) is 67.9 Å². The fourth-order valence-corrected chi connectivity index (χ4v) is 1.41. The Morgan fingerprint density at radius 3 is 2.88 bits per heavy atom. The molecule has 0 saturated carbocycles. The van der Waals surface area contributed by atoms with Gasteiger partial charge in [-0.05, 0) is 19.9 Å². The van der Waals surface area contributed by atoms with Crippen LogP contribution in [0.3, 0.4) is 0 Å². The van der Waals surface area contributed by atoms with Crippen molar-refractivity contribution in [1.82, 2.24) is 15.0 Å². The van der Waals surface area contributed by atoms with E-state index in [1.54, 1.807) is 18.5 Å². The first-order chi connectivity index (χ1) is 8.16. The van der Waals surface area contributed by atoms with E-state index in [2.05, 4.69) is 15.0 Å². The second kappa shape index (κ2) is 4.78. The minimum Gasteiger partial charge on any atom is -0.489 e. The molecule has 17 heavy (non-hydrogen) atoms. The highest BCUT2D eigenvalue weighted by atomic mass is 16.5. The Labute approximate surface area is 98.9 Å². The van der Waals surface area contributed by atoms with E-state index in [0.29, 0.717) is 17.1 Å². The van der Waals surface area contributed by atoms with Crippen LogP contribution in [-0.2, 0) is 0 Å². The molecular formula is C12H13N3O2. The lowest BCUT2D eigenvalue weighted by atomic mass is 10.2. The van der Waals surface area contributed by atoms with Crippen LogP contribution >= 0.6 is 0 Å². The minimum atomic E-state index is -0.197. The zero-order valence-electron chi connectivity index (χ0n) is 9.68. The Morgan fingerprint density at radius 2 is 2.24 bits per heavy atom. The number of nitrogens with one attached hydrogen (secondary N) is 1. The number of hydrogen-bond acceptors (Lipinski definition) is 4. The van der Waals surface area contributed by atoms with Crippen LogP contribution in [0.5, 0.6) is 5.75 Å². The smallest absolute Gasteiger partial charge is 0.229 e. The van der Waals surface area contributed by atoms with Gasteiger partial charge in [0.05, 0.1) is 12.3 Å². The van der Waals surface area contributed by atoms with E-state index in [0.717, 1.165) is 0 Å². The number of imidazole rings is 1. The van der Waals surface area contributed by atoms with Gasteiger partial charge in [-0.25, -0.2) is 4.98 Å². The number of hydrogen-bond donors (Lipinski definition) is 1. The maximum atomic E-state index is 12.0. The second-order valence-corrected chi connectivity index (χ2v) is 3.84. The van der Waals surface area contributed by atoms with E-state index in [1.807, 2.05) is 13.8 Å². The van der Waals surface area contributed by atoms with Crippen molar-refractivity contribution < 1.29 is 9.53 Å². The Bertz CT molecular complexity index is 506. The molecule has 5 heteroatoms. The fourth-order valence-electron chi connectivity index (χ4n) is 1.41. The third kappa shape index (κ3) is 2.69. The zero-order valence-corrected chi connectivity index (χ0v) is 9.68. The first-order valence-corrected chi connectivity index (χ1v) is 5.32. The molecule has 0 aliphatic carbocycles. The van der Waals surface area contributed by atoms with Crippen molar-refractivity contribution in [2.75, 3.05) is 0 Å². The van der Waals surface area contributed by atoms with Gasteiger partial charge in [0.2, 0.25) is 5.78 Å². The molecule has 0 spiro atoms. The summed E-state index contributed by atoms with van der Waals surface area (Å²) in [4.78, 5) is 22.6. The van der Waals surface area contributed by atoms with Gasteiger partial charge in [-0.2, -0.15) is 0 Å². The van der Waals surface area contributed by atoms with Crippen molar-refractivity contribution >= 4 is 5.78 Å². The van der Waals surface area contributed by atoms with Crippen molar-refractivity contribution in [2.24, 2.45) is 0 Å². The van der Waals surface area contributed by atoms with E-state index in [1.165, 1.54) is 12.4 Å². The standard InChI is InChI=1S/C12H13N3O2/c1-8(2)17-10-5-9(6-13-7-10)11(16)12-14-3-4-15-12/h3-8H,1-2H3,(H,14,15). The predicted molar refractivity (Wildman–Crippen MR) is 62.0 cm³/mol. The number of ketones is 1. The predicted octanol–water partition coefficient (Wildman–Crippen LogP) is 1.82. The lowest BCUT2D eigenvalue weighted by Gasteiger charge is -2.09. The number of H-pyrrole nitrogens is 1. The number of carbonyl (C=O) groups excluding carboxylic acids is 1.